The molecule has 0 saturated carbocycles. The highest BCUT2D eigenvalue weighted by Crippen LogP contribution is 2.29. The smallest absolute Gasteiger partial charge is 0.171 e. The van der Waals surface area contributed by atoms with E-state index in [2.05, 4.69) is 11.2 Å². The van der Waals surface area contributed by atoms with E-state index in [9.17, 15) is 5.26 Å². The molecule has 1 aromatic heterocycles. The van der Waals surface area contributed by atoms with E-state index in [0.717, 1.165) is 13.1 Å². The molecule has 5 nitrogen and oxygen atoms in total. The summed E-state index contributed by atoms with van der Waals surface area (Å²) in [7, 11) is 0. The Morgan fingerprint density at radius 1 is 1.35 bits per heavy atom. The molecule has 0 aliphatic rings. The lowest BCUT2D eigenvalue weighted by Gasteiger charge is -2.17. The Balaban J connectivity index is 2.63. The van der Waals surface area contributed by atoms with Gasteiger partial charge in [-0.2, -0.15) is 5.26 Å². The number of nitrogens with zero attached hydrogens (tertiary/aromatic N) is 4. The summed E-state index contributed by atoms with van der Waals surface area (Å²) in [4.78, 5) is 1.99. The minimum Gasteiger partial charge on any atom is -0.382 e. The quantitative estimate of drug-likeness (QED) is 0.939. The molecule has 0 amide bonds. The lowest BCUT2D eigenvalue weighted by molar-refractivity contribution is 0.809. The van der Waals surface area contributed by atoms with Crippen LogP contribution in [-0.4, -0.2) is 22.9 Å². The number of halogens is 1. The zero-order valence-electron chi connectivity index (χ0n) is 11.5. The van der Waals surface area contributed by atoms with Crippen molar-refractivity contribution in [3.63, 3.8) is 0 Å². The summed E-state index contributed by atoms with van der Waals surface area (Å²) in [6.07, 6.45) is 0. The topological polar surface area (TPSA) is 70.9 Å². The van der Waals surface area contributed by atoms with Crippen molar-refractivity contribution in [2.45, 2.75) is 13.8 Å². The van der Waals surface area contributed by atoms with Crippen molar-refractivity contribution in [1.29, 1.82) is 5.26 Å². The maximum atomic E-state index is 9.33. The maximum absolute atomic E-state index is 9.33. The minimum absolute atomic E-state index is 0.308. The predicted molar refractivity (Wildman–Crippen MR) is 81.3 cm³/mol. The molecule has 0 spiro atoms. The summed E-state index contributed by atoms with van der Waals surface area (Å²) in [5, 5.41) is 14.3. The van der Waals surface area contributed by atoms with Gasteiger partial charge in [0.1, 0.15) is 17.5 Å². The number of aromatic nitrogens is 2. The first-order valence-electron chi connectivity index (χ1n) is 6.42. The first kappa shape index (κ1) is 14.2. The van der Waals surface area contributed by atoms with E-state index in [1.165, 1.54) is 4.68 Å². The van der Waals surface area contributed by atoms with Crippen LogP contribution in [0.3, 0.4) is 0 Å². The molecule has 0 fully saturated rings. The molecular formula is C14H16ClN5. The summed E-state index contributed by atoms with van der Waals surface area (Å²) < 4.78 is 1.52. The van der Waals surface area contributed by atoms with Crippen molar-refractivity contribution < 1.29 is 0 Å². The van der Waals surface area contributed by atoms with Crippen molar-refractivity contribution in [3.05, 3.63) is 34.9 Å². The molecule has 2 aromatic rings. The van der Waals surface area contributed by atoms with E-state index in [-0.39, 0.29) is 0 Å². The molecule has 2 N–H and O–H groups in total. The molecule has 0 unspecified atom stereocenters. The number of nitrogens with two attached hydrogens (primary N) is 1. The number of para-hydroxylation sites is 1. The van der Waals surface area contributed by atoms with Gasteiger partial charge in [-0.15, -0.1) is 5.10 Å². The average molecular weight is 290 g/mol. The molecule has 0 atom stereocenters. The molecule has 0 bridgehead atoms. The molecular weight excluding hydrogens is 274 g/mol. The number of anilines is 2. The number of benzene rings is 1. The maximum Gasteiger partial charge on any atom is 0.171 e. The molecule has 0 aliphatic carbocycles. The molecule has 0 saturated heterocycles. The van der Waals surface area contributed by atoms with Crippen LogP contribution in [0.2, 0.25) is 5.02 Å². The van der Waals surface area contributed by atoms with Gasteiger partial charge in [-0.05, 0) is 26.0 Å². The Morgan fingerprint density at radius 3 is 2.55 bits per heavy atom. The molecule has 2 rings (SSSR count). The largest absolute Gasteiger partial charge is 0.382 e. The number of nitrogen functional groups attached to an aromatic ring is 1. The molecule has 104 valence electrons. The molecule has 6 heteroatoms. The normalized spacial score (nSPS) is 10.3. The van der Waals surface area contributed by atoms with Gasteiger partial charge in [0.05, 0.1) is 10.7 Å². The standard InChI is InChI=1S/C14H16ClN5/c1-3-19(4-2)14-10(9-16)13(17)20(18-14)12-8-6-5-7-11(12)15/h5-8H,3-4,17H2,1-2H3. The molecule has 1 aromatic carbocycles. The van der Waals surface area contributed by atoms with Gasteiger partial charge in [-0.3, -0.25) is 0 Å². The Bertz CT molecular complexity index is 652. The monoisotopic (exact) mass is 289 g/mol. The van der Waals surface area contributed by atoms with Crippen LogP contribution in [0, 0.1) is 11.3 Å². The molecule has 1 heterocycles. The van der Waals surface area contributed by atoms with Gasteiger partial charge < -0.3 is 10.6 Å². The predicted octanol–water partition coefficient (Wildman–Crippen LogP) is 2.83. The van der Waals surface area contributed by atoms with Crippen molar-refractivity contribution in [2.75, 3.05) is 23.7 Å². The fraction of sp³-hybridized carbons (Fsp3) is 0.286. The van der Waals surface area contributed by atoms with Gasteiger partial charge in [0, 0.05) is 13.1 Å². The van der Waals surface area contributed by atoms with Crippen molar-refractivity contribution in [1.82, 2.24) is 9.78 Å². The van der Waals surface area contributed by atoms with Crippen LogP contribution < -0.4 is 10.6 Å². The lowest BCUT2D eigenvalue weighted by Crippen LogP contribution is -2.23. The van der Waals surface area contributed by atoms with Crippen LogP contribution in [0.15, 0.2) is 24.3 Å². The highest BCUT2D eigenvalue weighted by molar-refractivity contribution is 6.32. The molecule has 0 aliphatic heterocycles. The minimum atomic E-state index is 0.308. The van der Waals surface area contributed by atoms with E-state index in [0.29, 0.717) is 27.9 Å². The summed E-state index contributed by atoms with van der Waals surface area (Å²) in [5.41, 5.74) is 7.11. The van der Waals surface area contributed by atoms with E-state index >= 15 is 0 Å². The second kappa shape index (κ2) is 5.85. The van der Waals surface area contributed by atoms with Gasteiger partial charge in [0.2, 0.25) is 0 Å². The summed E-state index contributed by atoms with van der Waals surface area (Å²) in [6, 6.07) is 9.40. The highest BCUT2D eigenvalue weighted by atomic mass is 35.5. The second-order valence-corrected chi connectivity index (χ2v) is 4.64. The van der Waals surface area contributed by atoms with E-state index in [1.54, 1.807) is 6.07 Å². The average Bonchev–Trinajstić information content (AvgIpc) is 2.78. The number of hydrogen-bond donors (Lipinski definition) is 1. The van der Waals surface area contributed by atoms with Crippen molar-refractivity contribution in [3.8, 4) is 11.8 Å². The van der Waals surface area contributed by atoms with Gasteiger partial charge in [0.25, 0.3) is 0 Å². The Labute approximate surface area is 123 Å². The third kappa shape index (κ3) is 2.30. The number of hydrogen-bond acceptors (Lipinski definition) is 4. The first-order valence-corrected chi connectivity index (χ1v) is 6.80. The molecule has 0 radical (unpaired) electrons. The van der Waals surface area contributed by atoms with E-state index < -0.39 is 0 Å². The van der Waals surface area contributed by atoms with Crippen LogP contribution in [-0.2, 0) is 0 Å². The Morgan fingerprint density at radius 2 is 2.00 bits per heavy atom. The van der Waals surface area contributed by atoms with E-state index in [1.807, 2.05) is 36.9 Å². The van der Waals surface area contributed by atoms with Gasteiger partial charge in [0.15, 0.2) is 5.82 Å². The van der Waals surface area contributed by atoms with Gasteiger partial charge >= 0.3 is 0 Å². The third-order valence-electron chi connectivity index (χ3n) is 3.16. The summed E-state index contributed by atoms with van der Waals surface area (Å²) in [6.45, 7) is 5.53. The first-order chi connectivity index (χ1) is 9.63. The highest BCUT2D eigenvalue weighted by Gasteiger charge is 2.20. The number of nitriles is 1. The zero-order chi connectivity index (χ0) is 14.7. The van der Waals surface area contributed by atoms with Crippen molar-refractivity contribution in [2.24, 2.45) is 0 Å². The van der Waals surface area contributed by atoms with Gasteiger partial charge in [-0.25, -0.2) is 4.68 Å². The SMILES string of the molecule is CCN(CC)c1nn(-c2ccccc2Cl)c(N)c1C#N. The second-order valence-electron chi connectivity index (χ2n) is 4.23. The van der Waals surface area contributed by atoms with Crippen molar-refractivity contribution >= 4 is 23.2 Å². The fourth-order valence-electron chi connectivity index (χ4n) is 2.08. The Hall–Kier alpha value is -2.19. The number of rotatable bonds is 4. The zero-order valence-corrected chi connectivity index (χ0v) is 12.2. The summed E-state index contributed by atoms with van der Waals surface area (Å²) >= 11 is 6.17. The van der Waals surface area contributed by atoms with Crippen LogP contribution in [0.5, 0.6) is 0 Å². The summed E-state index contributed by atoms with van der Waals surface area (Å²) in [5.74, 6) is 0.900. The van der Waals surface area contributed by atoms with Crippen LogP contribution in [0.4, 0.5) is 11.6 Å². The third-order valence-corrected chi connectivity index (χ3v) is 3.48. The Kier molecular flexibility index (Phi) is 4.16. The lowest BCUT2D eigenvalue weighted by atomic mass is 10.3. The molecule has 20 heavy (non-hydrogen) atoms. The van der Waals surface area contributed by atoms with Crippen LogP contribution in [0.25, 0.3) is 5.69 Å². The van der Waals surface area contributed by atoms with Crippen LogP contribution >= 0.6 is 11.6 Å². The van der Waals surface area contributed by atoms with Gasteiger partial charge in [-0.1, -0.05) is 23.7 Å². The van der Waals surface area contributed by atoms with E-state index in [4.69, 9.17) is 17.3 Å². The fourth-order valence-corrected chi connectivity index (χ4v) is 2.29. The van der Waals surface area contributed by atoms with Crippen LogP contribution in [0.1, 0.15) is 19.4 Å².